The van der Waals surface area contributed by atoms with Crippen molar-refractivity contribution in [2.24, 2.45) is 0 Å². The van der Waals surface area contributed by atoms with Gasteiger partial charge in [0.25, 0.3) is 0 Å². The van der Waals surface area contributed by atoms with Crippen LogP contribution in [0.1, 0.15) is 24.8 Å². The van der Waals surface area contributed by atoms with Gasteiger partial charge >= 0.3 is 0 Å². The molecular formula is C24H30N2O6S. The summed E-state index contributed by atoms with van der Waals surface area (Å²) in [6, 6.07) is 15.5. The van der Waals surface area contributed by atoms with Gasteiger partial charge in [0.1, 0.15) is 0 Å². The number of ether oxygens (including phenoxy) is 2. The second-order valence-electron chi connectivity index (χ2n) is 8.64. The van der Waals surface area contributed by atoms with Crippen molar-refractivity contribution in [3.63, 3.8) is 0 Å². The minimum Gasteiger partial charge on any atom is -0.389 e. The van der Waals surface area contributed by atoms with Crippen molar-refractivity contribution in [1.82, 2.24) is 4.31 Å². The third-order valence-corrected chi connectivity index (χ3v) is 7.89. The number of sulfonamides is 1. The van der Waals surface area contributed by atoms with Gasteiger partial charge in [-0.1, -0.05) is 30.3 Å². The molecule has 2 aliphatic rings. The molecule has 2 aromatic rings. The maximum Gasteiger partial charge on any atom is 0.243 e. The number of nitrogens with one attached hydrogen (secondary N) is 1. The average molecular weight is 475 g/mol. The predicted molar refractivity (Wildman–Crippen MR) is 123 cm³/mol. The minimum absolute atomic E-state index is 0.0194. The lowest BCUT2D eigenvalue weighted by Crippen LogP contribution is -2.57. The molecule has 2 aromatic carbocycles. The van der Waals surface area contributed by atoms with Crippen LogP contribution in [0.25, 0.3) is 0 Å². The normalized spacial score (nSPS) is 26.6. The van der Waals surface area contributed by atoms with Gasteiger partial charge in [-0.3, -0.25) is 4.79 Å². The van der Waals surface area contributed by atoms with Gasteiger partial charge in [0.2, 0.25) is 15.9 Å². The van der Waals surface area contributed by atoms with Gasteiger partial charge in [-0.2, -0.15) is 4.31 Å². The molecule has 0 aromatic heterocycles. The average Bonchev–Trinajstić information content (AvgIpc) is 2.77. The van der Waals surface area contributed by atoms with Crippen molar-refractivity contribution in [3.8, 4) is 0 Å². The highest BCUT2D eigenvalue weighted by atomic mass is 32.2. The molecule has 0 spiro atoms. The molecule has 8 nitrogen and oxygen atoms in total. The fourth-order valence-corrected chi connectivity index (χ4v) is 6.24. The number of amides is 1. The Morgan fingerprint density at radius 3 is 2.67 bits per heavy atom. The molecule has 4 atom stereocenters. The third kappa shape index (κ3) is 5.80. The fraction of sp³-hybridized carbons (Fsp3) is 0.458. The highest BCUT2D eigenvalue weighted by Gasteiger charge is 2.43. The number of aliphatic hydroxyl groups excluding tert-OH is 1. The number of aryl methyl sites for hydroxylation is 1. The van der Waals surface area contributed by atoms with Crippen molar-refractivity contribution >= 4 is 21.6 Å². The van der Waals surface area contributed by atoms with Gasteiger partial charge in [-0.05, 0) is 49.6 Å². The molecule has 0 aliphatic carbocycles. The molecule has 2 N–H and O–H groups in total. The van der Waals surface area contributed by atoms with Crippen molar-refractivity contribution in [1.29, 1.82) is 0 Å². The fourth-order valence-electron chi connectivity index (χ4n) is 4.42. The van der Waals surface area contributed by atoms with Gasteiger partial charge in [-0.25, -0.2) is 8.42 Å². The van der Waals surface area contributed by atoms with E-state index in [0.29, 0.717) is 12.8 Å². The highest BCUT2D eigenvalue weighted by Crippen LogP contribution is 2.31. The molecule has 33 heavy (non-hydrogen) atoms. The second kappa shape index (κ2) is 10.3. The maximum atomic E-state index is 13.5. The van der Waals surface area contributed by atoms with E-state index >= 15 is 0 Å². The number of rotatable bonds is 5. The molecule has 9 heteroatoms. The lowest BCUT2D eigenvalue weighted by Gasteiger charge is -2.43. The minimum atomic E-state index is -3.85. The zero-order valence-corrected chi connectivity index (χ0v) is 19.4. The van der Waals surface area contributed by atoms with Crippen molar-refractivity contribution in [2.45, 2.75) is 55.4 Å². The Bertz CT molecular complexity index is 1060. The molecule has 2 aliphatic heterocycles. The van der Waals surface area contributed by atoms with Crippen LogP contribution in [0.4, 0.5) is 5.69 Å². The molecule has 2 fully saturated rings. The molecule has 2 heterocycles. The van der Waals surface area contributed by atoms with Crippen LogP contribution in [-0.2, 0) is 24.3 Å². The molecule has 178 valence electrons. The number of β-amino-alcohol motifs (C(OH)–C–C–N with tert-alkyl or cyclic N) is 1. The summed E-state index contributed by atoms with van der Waals surface area (Å²) in [6.45, 7) is 1.94. The number of hydrogen-bond donors (Lipinski definition) is 2. The number of nitrogens with zero attached hydrogens (tertiary/aromatic N) is 1. The molecule has 2 saturated heterocycles. The Morgan fingerprint density at radius 2 is 1.91 bits per heavy atom. The van der Waals surface area contributed by atoms with Gasteiger partial charge in [0.05, 0.1) is 48.9 Å². The molecular weight excluding hydrogens is 444 g/mol. The zero-order valence-electron chi connectivity index (χ0n) is 18.6. The van der Waals surface area contributed by atoms with Crippen LogP contribution in [0.2, 0.25) is 0 Å². The van der Waals surface area contributed by atoms with Crippen LogP contribution in [0.15, 0.2) is 59.5 Å². The number of para-hydroxylation sites is 1. The number of anilines is 1. The number of aliphatic hydroxyl groups is 1. The number of carbonyl (C=O) groups is 1. The molecule has 0 saturated carbocycles. The van der Waals surface area contributed by atoms with Crippen LogP contribution >= 0.6 is 0 Å². The van der Waals surface area contributed by atoms with E-state index in [2.05, 4.69) is 5.32 Å². The van der Waals surface area contributed by atoms with E-state index in [0.717, 1.165) is 11.3 Å². The van der Waals surface area contributed by atoms with Gasteiger partial charge in [-0.15, -0.1) is 0 Å². The summed E-state index contributed by atoms with van der Waals surface area (Å²) in [5.74, 6) is -0.156. The highest BCUT2D eigenvalue weighted by molar-refractivity contribution is 7.89. The third-order valence-electron chi connectivity index (χ3n) is 6.00. The topological polar surface area (TPSA) is 105 Å². The van der Waals surface area contributed by atoms with Crippen molar-refractivity contribution in [3.05, 3.63) is 60.2 Å². The van der Waals surface area contributed by atoms with Crippen molar-refractivity contribution in [2.75, 3.05) is 25.1 Å². The van der Waals surface area contributed by atoms with Crippen LogP contribution in [0.5, 0.6) is 0 Å². The second-order valence-corrected chi connectivity index (χ2v) is 10.5. The maximum absolute atomic E-state index is 13.5. The Kier molecular flexibility index (Phi) is 7.45. The van der Waals surface area contributed by atoms with E-state index < -0.39 is 28.3 Å². The number of benzene rings is 2. The lowest BCUT2D eigenvalue weighted by molar-refractivity contribution is -0.144. The van der Waals surface area contributed by atoms with E-state index in [1.54, 1.807) is 18.2 Å². The van der Waals surface area contributed by atoms with Gasteiger partial charge in [0, 0.05) is 12.2 Å². The van der Waals surface area contributed by atoms with E-state index in [9.17, 15) is 18.3 Å². The van der Waals surface area contributed by atoms with E-state index in [1.807, 2.05) is 43.3 Å². The smallest absolute Gasteiger partial charge is 0.243 e. The molecule has 0 bridgehead atoms. The summed E-state index contributed by atoms with van der Waals surface area (Å²) in [5.41, 5.74) is 1.56. The summed E-state index contributed by atoms with van der Waals surface area (Å²) >= 11 is 0. The number of carbonyl (C=O) groups excluding carboxylic acids is 1. The Labute approximate surface area is 194 Å². The monoisotopic (exact) mass is 474 g/mol. The summed E-state index contributed by atoms with van der Waals surface area (Å²) in [4.78, 5) is 12.7. The zero-order chi connectivity index (χ0) is 23.4. The molecule has 0 unspecified atom stereocenters. The summed E-state index contributed by atoms with van der Waals surface area (Å²) in [5, 5.41) is 13.2. The quantitative estimate of drug-likeness (QED) is 0.689. The van der Waals surface area contributed by atoms with E-state index in [4.69, 9.17) is 9.47 Å². The van der Waals surface area contributed by atoms with Crippen LogP contribution in [0.3, 0.4) is 0 Å². The van der Waals surface area contributed by atoms with Crippen molar-refractivity contribution < 1.29 is 27.8 Å². The first-order valence-electron chi connectivity index (χ1n) is 11.2. The summed E-state index contributed by atoms with van der Waals surface area (Å²) < 4.78 is 40.2. The van der Waals surface area contributed by atoms with Crippen LogP contribution in [-0.4, -0.2) is 67.8 Å². The first kappa shape index (κ1) is 23.8. The predicted octanol–water partition coefficient (Wildman–Crippen LogP) is 2.32. The van der Waals surface area contributed by atoms with Crippen LogP contribution < -0.4 is 5.32 Å². The number of fused-ring (bicyclic) bond motifs is 1. The molecule has 4 rings (SSSR count). The van der Waals surface area contributed by atoms with Gasteiger partial charge in [0.15, 0.2) is 0 Å². The summed E-state index contributed by atoms with van der Waals surface area (Å²) in [7, 11) is -3.85. The van der Waals surface area contributed by atoms with E-state index in [1.165, 1.54) is 4.31 Å². The Balaban J connectivity index is 1.49. The molecule has 0 radical (unpaired) electrons. The van der Waals surface area contributed by atoms with E-state index in [-0.39, 0.29) is 43.1 Å². The summed E-state index contributed by atoms with van der Waals surface area (Å²) in [6.07, 6.45) is -0.591. The first-order chi connectivity index (χ1) is 15.8. The van der Waals surface area contributed by atoms with Gasteiger partial charge < -0.3 is 19.9 Å². The first-order valence-corrected chi connectivity index (χ1v) is 12.6. The lowest BCUT2D eigenvalue weighted by atomic mass is 9.96. The number of hydrogen-bond acceptors (Lipinski definition) is 6. The Morgan fingerprint density at radius 1 is 1.12 bits per heavy atom. The molecule has 1 amide bonds. The van der Waals surface area contributed by atoms with Crippen LogP contribution in [0, 0.1) is 6.92 Å². The Hall–Kier alpha value is -2.30. The standard InChI is InChI=1S/C24H30N2O6S/c1-17-6-5-9-21(12-17)33(29,30)26-14-19(27)15-31-16-23-22(26)11-10-20(32-23)13-24(28)25-18-7-3-2-4-8-18/h2-9,12,19-20,22-23,27H,10-11,13-16H2,1H3,(H,25,28)/t19-,20+,22+,23-/m1/s1. The largest absolute Gasteiger partial charge is 0.389 e. The SMILES string of the molecule is Cc1cccc(S(=O)(=O)N2C[C@@H](O)COC[C@H]3O[C@H](CC(=O)Nc4ccccc4)CC[C@@H]32)c1.